The van der Waals surface area contributed by atoms with Crippen molar-refractivity contribution < 1.29 is 26.4 Å². The Kier molecular flexibility index (Phi) is 7.78. The van der Waals surface area contributed by atoms with E-state index >= 15 is 0 Å². The van der Waals surface area contributed by atoms with Crippen LogP contribution >= 0.6 is 0 Å². The molecule has 1 heterocycles. The Labute approximate surface area is 171 Å². The number of rotatable bonds is 8. The number of nitrogens with one attached hydrogen (secondary N) is 2. The SMILES string of the molecule is CNC(=O)CS(=O)(=O)C1CCN(C(=O)CCNS(=O)(=O)c2cccc(C)c2)CC1. The van der Waals surface area contributed by atoms with Gasteiger partial charge in [0.2, 0.25) is 21.8 Å². The monoisotopic (exact) mass is 445 g/mol. The molecule has 0 aromatic heterocycles. The fourth-order valence-electron chi connectivity index (χ4n) is 3.15. The van der Waals surface area contributed by atoms with E-state index in [2.05, 4.69) is 10.0 Å². The highest BCUT2D eigenvalue weighted by Crippen LogP contribution is 2.19. The van der Waals surface area contributed by atoms with Crippen molar-refractivity contribution in [2.45, 2.75) is 36.3 Å². The van der Waals surface area contributed by atoms with Crippen molar-refractivity contribution in [2.75, 3.05) is 32.4 Å². The maximum absolute atomic E-state index is 12.3. The largest absolute Gasteiger partial charge is 0.358 e. The molecule has 1 aromatic carbocycles. The van der Waals surface area contributed by atoms with Gasteiger partial charge in [0.05, 0.1) is 10.1 Å². The third-order valence-electron chi connectivity index (χ3n) is 4.84. The van der Waals surface area contributed by atoms with E-state index in [1.54, 1.807) is 25.1 Å². The summed E-state index contributed by atoms with van der Waals surface area (Å²) in [4.78, 5) is 25.4. The molecular formula is C18H27N3O6S2. The van der Waals surface area contributed by atoms with Gasteiger partial charge >= 0.3 is 0 Å². The minimum absolute atomic E-state index is 0.0132. The highest BCUT2D eigenvalue weighted by molar-refractivity contribution is 7.92. The maximum Gasteiger partial charge on any atom is 0.240 e. The first-order chi connectivity index (χ1) is 13.5. The molecule has 0 aliphatic carbocycles. The smallest absolute Gasteiger partial charge is 0.240 e. The number of carbonyl (C=O) groups excluding carboxylic acids is 2. The zero-order chi connectivity index (χ0) is 21.7. The van der Waals surface area contributed by atoms with E-state index < -0.39 is 36.8 Å². The van der Waals surface area contributed by atoms with Gasteiger partial charge in [-0.25, -0.2) is 21.6 Å². The Morgan fingerprint density at radius 3 is 2.38 bits per heavy atom. The molecule has 1 fully saturated rings. The summed E-state index contributed by atoms with van der Waals surface area (Å²) in [7, 11) is -5.86. The minimum Gasteiger partial charge on any atom is -0.358 e. The summed E-state index contributed by atoms with van der Waals surface area (Å²) >= 11 is 0. The topological polar surface area (TPSA) is 130 Å². The van der Waals surface area contributed by atoms with Crippen LogP contribution in [0.1, 0.15) is 24.8 Å². The molecule has 162 valence electrons. The molecule has 1 aromatic rings. The van der Waals surface area contributed by atoms with Crippen LogP contribution < -0.4 is 10.0 Å². The standard InChI is InChI=1S/C18H27N3O6S2/c1-14-4-3-5-16(12-14)29(26,27)20-9-6-18(23)21-10-7-15(8-11-21)28(24,25)13-17(22)19-2/h3-5,12,15,20H,6-11,13H2,1-2H3,(H,19,22). The van der Waals surface area contributed by atoms with Gasteiger partial charge in [0.1, 0.15) is 5.75 Å². The number of hydrogen-bond donors (Lipinski definition) is 2. The second-order valence-corrected chi connectivity index (χ2v) is 11.1. The van der Waals surface area contributed by atoms with E-state index in [9.17, 15) is 26.4 Å². The Bertz CT molecular complexity index is 952. The Balaban J connectivity index is 1.82. The van der Waals surface area contributed by atoms with Gasteiger partial charge in [-0.3, -0.25) is 9.59 Å². The van der Waals surface area contributed by atoms with E-state index in [0.717, 1.165) is 5.56 Å². The lowest BCUT2D eigenvalue weighted by atomic mass is 10.1. The van der Waals surface area contributed by atoms with Crippen LogP contribution in [0.4, 0.5) is 0 Å². The molecule has 29 heavy (non-hydrogen) atoms. The van der Waals surface area contributed by atoms with Crippen molar-refractivity contribution >= 4 is 31.7 Å². The summed E-state index contributed by atoms with van der Waals surface area (Å²) in [6.45, 7) is 2.28. The molecule has 0 spiro atoms. The molecule has 0 radical (unpaired) electrons. The van der Waals surface area contributed by atoms with Crippen molar-refractivity contribution in [1.82, 2.24) is 14.9 Å². The summed E-state index contributed by atoms with van der Waals surface area (Å²) < 4.78 is 51.4. The molecule has 2 rings (SSSR count). The summed E-state index contributed by atoms with van der Waals surface area (Å²) in [5.74, 6) is -1.34. The average molecular weight is 446 g/mol. The van der Waals surface area contributed by atoms with Gasteiger partial charge in [0.25, 0.3) is 0 Å². The lowest BCUT2D eigenvalue weighted by Gasteiger charge is -2.31. The molecule has 0 saturated carbocycles. The molecule has 1 aliphatic rings. The average Bonchev–Trinajstić information content (AvgIpc) is 2.67. The summed E-state index contributed by atoms with van der Waals surface area (Å²) in [6.07, 6.45) is 0.515. The molecule has 2 N–H and O–H groups in total. The number of piperidine rings is 1. The molecular weight excluding hydrogens is 418 g/mol. The van der Waals surface area contributed by atoms with Crippen molar-refractivity contribution in [3.63, 3.8) is 0 Å². The maximum atomic E-state index is 12.3. The van der Waals surface area contributed by atoms with E-state index in [4.69, 9.17) is 0 Å². The second kappa shape index (κ2) is 9.68. The van der Waals surface area contributed by atoms with Crippen LogP contribution in [0.3, 0.4) is 0 Å². The van der Waals surface area contributed by atoms with Crippen molar-refractivity contribution in [3.8, 4) is 0 Å². The number of sulfone groups is 1. The van der Waals surface area contributed by atoms with E-state index in [1.807, 2.05) is 0 Å². The fraction of sp³-hybridized carbons (Fsp3) is 0.556. The number of amides is 2. The zero-order valence-electron chi connectivity index (χ0n) is 16.5. The molecule has 0 bridgehead atoms. The third kappa shape index (κ3) is 6.51. The van der Waals surface area contributed by atoms with Gasteiger partial charge in [-0.15, -0.1) is 0 Å². The van der Waals surface area contributed by atoms with Gasteiger partial charge < -0.3 is 10.2 Å². The zero-order valence-corrected chi connectivity index (χ0v) is 18.2. The van der Waals surface area contributed by atoms with Crippen molar-refractivity contribution in [2.24, 2.45) is 0 Å². The first-order valence-electron chi connectivity index (χ1n) is 9.31. The van der Waals surface area contributed by atoms with Crippen LogP contribution in [-0.2, 0) is 29.4 Å². The minimum atomic E-state index is -3.69. The predicted molar refractivity (Wildman–Crippen MR) is 108 cm³/mol. The number of sulfonamides is 1. The Morgan fingerprint density at radius 1 is 1.14 bits per heavy atom. The number of hydrogen-bond acceptors (Lipinski definition) is 6. The summed E-state index contributed by atoms with van der Waals surface area (Å²) in [5, 5.41) is 1.65. The van der Waals surface area contributed by atoms with Gasteiger partial charge in [-0.1, -0.05) is 12.1 Å². The third-order valence-corrected chi connectivity index (χ3v) is 8.45. The van der Waals surface area contributed by atoms with Gasteiger partial charge in [-0.05, 0) is 37.5 Å². The molecule has 2 amide bonds. The van der Waals surface area contributed by atoms with Crippen molar-refractivity contribution in [1.29, 1.82) is 0 Å². The first-order valence-corrected chi connectivity index (χ1v) is 12.5. The van der Waals surface area contributed by atoms with E-state index in [1.165, 1.54) is 18.0 Å². The van der Waals surface area contributed by atoms with Gasteiger partial charge in [0.15, 0.2) is 9.84 Å². The number of carbonyl (C=O) groups is 2. The Hall–Kier alpha value is -1.98. The van der Waals surface area contributed by atoms with Crippen LogP contribution in [0.2, 0.25) is 0 Å². The number of aryl methyl sites for hydroxylation is 1. The van der Waals surface area contributed by atoms with E-state index in [0.29, 0.717) is 0 Å². The molecule has 9 nitrogen and oxygen atoms in total. The van der Waals surface area contributed by atoms with Crippen LogP contribution in [0.5, 0.6) is 0 Å². The normalized spacial score (nSPS) is 15.9. The lowest BCUT2D eigenvalue weighted by Crippen LogP contribution is -2.45. The van der Waals surface area contributed by atoms with Gasteiger partial charge in [-0.2, -0.15) is 0 Å². The fourth-order valence-corrected chi connectivity index (χ4v) is 5.96. The molecule has 0 atom stereocenters. The molecule has 11 heteroatoms. The van der Waals surface area contributed by atoms with Crippen LogP contribution in [0.15, 0.2) is 29.2 Å². The lowest BCUT2D eigenvalue weighted by molar-refractivity contribution is -0.131. The number of likely N-dealkylation sites (tertiary alicyclic amines) is 1. The second-order valence-electron chi connectivity index (χ2n) is 7.02. The molecule has 0 unspecified atom stereocenters. The van der Waals surface area contributed by atoms with Crippen LogP contribution in [0.25, 0.3) is 0 Å². The van der Waals surface area contributed by atoms with E-state index in [-0.39, 0.29) is 49.7 Å². The first kappa shape index (κ1) is 23.3. The highest BCUT2D eigenvalue weighted by Gasteiger charge is 2.32. The summed E-state index contributed by atoms with van der Waals surface area (Å²) in [6, 6.07) is 6.48. The number of nitrogens with zero attached hydrogens (tertiary/aromatic N) is 1. The number of benzene rings is 1. The van der Waals surface area contributed by atoms with Gasteiger partial charge in [0, 0.05) is 33.1 Å². The Morgan fingerprint density at radius 2 is 1.79 bits per heavy atom. The molecule has 1 saturated heterocycles. The highest BCUT2D eigenvalue weighted by atomic mass is 32.2. The quantitative estimate of drug-likeness (QED) is 0.571. The summed E-state index contributed by atoms with van der Waals surface area (Å²) in [5.41, 5.74) is 0.818. The predicted octanol–water partition coefficient (Wildman–Crippen LogP) is -0.185. The molecule has 1 aliphatic heterocycles. The van der Waals surface area contributed by atoms with Crippen molar-refractivity contribution in [3.05, 3.63) is 29.8 Å². The van der Waals surface area contributed by atoms with Crippen LogP contribution in [-0.4, -0.2) is 71.2 Å². The van der Waals surface area contributed by atoms with Crippen LogP contribution in [0, 0.1) is 6.92 Å².